The lowest BCUT2D eigenvalue weighted by Gasteiger charge is -2.31. The predicted molar refractivity (Wildman–Crippen MR) is 97.0 cm³/mol. The standard InChI is InChI=1S/C18H28FN5/c1-12(14-4-6-15(19)7-5-14)17(21)18(22-13(2)20)23-16-8-10-24(3)11-9-16/h4-7,12,16,23H,8-11,21H2,1-3H3,(H2,20,22)/b18-17+. The Labute approximate surface area is 143 Å². The highest BCUT2D eigenvalue weighted by Gasteiger charge is 2.20. The van der Waals surface area contributed by atoms with Crippen molar-refractivity contribution >= 4 is 5.84 Å². The topological polar surface area (TPSA) is 79.7 Å². The third kappa shape index (κ3) is 4.96. The second kappa shape index (κ2) is 8.15. The van der Waals surface area contributed by atoms with Crippen LogP contribution in [-0.2, 0) is 0 Å². The van der Waals surface area contributed by atoms with Crippen molar-refractivity contribution in [3.63, 3.8) is 0 Å². The third-order valence-corrected chi connectivity index (χ3v) is 4.46. The Kier molecular flexibility index (Phi) is 6.20. The number of likely N-dealkylation sites (tertiary alicyclic amines) is 1. The number of benzene rings is 1. The van der Waals surface area contributed by atoms with Crippen LogP contribution in [0.2, 0.25) is 0 Å². The van der Waals surface area contributed by atoms with Gasteiger partial charge in [0.1, 0.15) is 11.6 Å². The van der Waals surface area contributed by atoms with Gasteiger partial charge in [0, 0.05) is 12.0 Å². The van der Waals surface area contributed by atoms with Crippen molar-refractivity contribution < 1.29 is 4.39 Å². The van der Waals surface area contributed by atoms with Crippen LogP contribution in [0.25, 0.3) is 0 Å². The van der Waals surface area contributed by atoms with E-state index in [0.717, 1.165) is 31.5 Å². The molecule has 0 bridgehead atoms. The molecule has 2 rings (SSSR count). The van der Waals surface area contributed by atoms with E-state index >= 15 is 0 Å². The van der Waals surface area contributed by atoms with Crippen LogP contribution in [0.5, 0.6) is 0 Å². The molecule has 0 amide bonds. The van der Waals surface area contributed by atoms with E-state index in [0.29, 0.717) is 23.4 Å². The van der Waals surface area contributed by atoms with Gasteiger partial charge in [-0.25, -0.2) is 9.38 Å². The van der Waals surface area contributed by atoms with E-state index in [9.17, 15) is 4.39 Å². The summed E-state index contributed by atoms with van der Waals surface area (Å²) in [7, 11) is 2.13. The fourth-order valence-electron chi connectivity index (χ4n) is 2.84. The lowest BCUT2D eigenvalue weighted by molar-refractivity contribution is 0.241. The van der Waals surface area contributed by atoms with Gasteiger partial charge in [-0.1, -0.05) is 19.1 Å². The highest BCUT2D eigenvalue weighted by atomic mass is 19.1. The maximum Gasteiger partial charge on any atom is 0.147 e. The SMILES string of the molecule is C/C(N)=N/C(NC1CCN(C)CC1)=C(\N)C(C)c1ccc(F)cc1. The molecule has 1 unspecified atom stereocenters. The Bertz CT molecular complexity index is 596. The molecule has 5 N–H and O–H groups in total. The molecule has 6 heteroatoms. The van der Waals surface area contributed by atoms with E-state index < -0.39 is 0 Å². The summed E-state index contributed by atoms with van der Waals surface area (Å²) >= 11 is 0. The zero-order chi connectivity index (χ0) is 17.7. The maximum atomic E-state index is 13.1. The summed E-state index contributed by atoms with van der Waals surface area (Å²) in [6.45, 7) is 5.82. The van der Waals surface area contributed by atoms with E-state index in [2.05, 4.69) is 22.3 Å². The molecule has 1 fully saturated rings. The minimum absolute atomic E-state index is 0.0811. The van der Waals surface area contributed by atoms with Gasteiger partial charge >= 0.3 is 0 Å². The molecule has 132 valence electrons. The van der Waals surface area contributed by atoms with Gasteiger partial charge in [0.25, 0.3) is 0 Å². The van der Waals surface area contributed by atoms with Crippen molar-refractivity contribution in [2.24, 2.45) is 16.5 Å². The summed E-state index contributed by atoms with van der Waals surface area (Å²) < 4.78 is 13.1. The van der Waals surface area contributed by atoms with Crippen LogP contribution in [0.4, 0.5) is 4.39 Å². The van der Waals surface area contributed by atoms with E-state index in [1.165, 1.54) is 12.1 Å². The van der Waals surface area contributed by atoms with E-state index in [1.807, 2.05) is 6.92 Å². The number of aliphatic imine (C=N–C) groups is 1. The number of halogens is 1. The normalized spacial score (nSPS) is 19.8. The Morgan fingerprint density at radius 2 is 1.83 bits per heavy atom. The van der Waals surface area contributed by atoms with Crippen LogP contribution in [0.3, 0.4) is 0 Å². The molecule has 0 saturated carbocycles. The summed E-state index contributed by atoms with van der Waals surface area (Å²) in [6.07, 6.45) is 2.08. The van der Waals surface area contributed by atoms with Gasteiger partial charge in [0.15, 0.2) is 0 Å². The Balaban J connectivity index is 2.21. The number of nitrogens with one attached hydrogen (secondary N) is 1. The fraction of sp³-hybridized carbons (Fsp3) is 0.500. The number of nitrogens with zero attached hydrogens (tertiary/aromatic N) is 2. The van der Waals surface area contributed by atoms with Gasteiger partial charge in [-0.3, -0.25) is 0 Å². The molecule has 1 atom stereocenters. The largest absolute Gasteiger partial charge is 0.399 e. The first-order chi connectivity index (χ1) is 11.4. The van der Waals surface area contributed by atoms with Gasteiger partial charge in [0.2, 0.25) is 0 Å². The summed E-state index contributed by atoms with van der Waals surface area (Å²) in [5.74, 6) is 0.748. The third-order valence-electron chi connectivity index (χ3n) is 4.46. The average Bonchev–Trinajstić information content (AvgIpc) is 2.55. The van der Waals surface area contributed by atoms with Gasteiger partial charge in [-0.15, -0.1) is 0 Å². The monoisotopic (exact) mass is 333 g/mol. The summed E-state index contributed by atoms with van der Waals surface area (Å²) in [4.78, 5) is 6.71. The number of nitrogens with two attached hydrogens (primary N) is 2. The van der Waals surface area contributed by atoms with Crippen molar-refractivity contribution in [3.8, 4) is 0 Å². The van der Waals surface area contributed by atoms with Crippen molar-refractivity contribution in [1.29, 1.82) is 0 Å². The first-order valence-corrected chi connectivity index (χ1v) is 8.37. The second-order valence-electron chi connectivity index (χ2n) is 6.55. The van der Waals surface area contributed by atoms with Gasteiger partial charge in [0.05, 0.1) is 11.5 Å². The Morgan fingerprint density at radius 3 is 2.38 bits per heavy atom. The molecule has 1 aliphatic rings. The molecule has 5 nitrogen and oxygen atoms in total. The summed E-state index contributed by atoms with van der Waals surface area (Å²) in [5.41, 5.74) is 13.7. The van der Waals surface area contributed by atoms with Crippen LogP contribution in [0.1, 0.15) is 38.2 Å². The number of hydrogen-bond donors (Lipinski definition) is 3. The van der Waals surface area contributed by atoms with Gasteiger partial charge in [-0.2, -0.15) is 0 Å². The van der Waals surface area contributed by atoms with Gasteiger partial charge in [-0.05, 0) is 57.6 Å². The van der Waals surface area contributed by atoms with Crippen LogP contribution in [0, 0.1) is 5.82 Å². The van der Waals surface area contributed by atoms with Crippen LogP contribution in [-0.4, -0.2) is 36.9 Å². The highest BCUT2D eigenvalue weighted by molar-refractivity contribution is 5.78. The molecule has 24 heavy (non-hydrogen) atoms. The van der Waals surface area contributed by atoms with E-state index in [1.54, 1.807) is 19.1 Å². The van der Waals surface area contributed by atoms with Crippen molar-refractivity contribution in [2.45, 2.75) is 38.6 Å². The molecule has 0 radical (unpaired) electrons. The van der Waals surface area contributed by atoms with Crippen molar-refractivity contribution in [1.82, 2.24) is 10.2 Å². The molecule has 1 heterocycles. The molecule has 1 aromatic carbocycles. The molecule has 0 spiro atoms. The summed E-state index contributed by atoms with van der Waals surface area (Å²) in [5, 5.41) is 3.46. The van der Waals surface area contributed by atoms with Gasteiger partial charge < -0.3 is 21.7 Å². The van der Waals surface area contributed by atoms with E-state index in [4.69, 9.17) is 11.5 Å². The lowest BCUT2D eigenvalue weighted by atomic mass is 9.97. The van der Waals surface area contributed by atoms with Crippen LogP contribution in [0.15, 0.2) is 40.8 Å². The minimum atomic E-state index is -0.256. The first kappa shape index (κ1) is 18.3. The van der Waals surface area contributed by atoms with Crippen molar-refractivity contribution in [2.75, 3.05) is 20.1 Å². The van der Waals surface area contributed by atoms with Crippen LogP contribution >= 0.6 is 0 Å². The molecule has 1 aromatic rings. The lowest BCUT2D eigenvalue weighted by Crippen LogP contribution is -2.41. The van der Waals surface area contributed by atoms with Crippen LogP contribution < -0.4 is 16.8 Å². The molecule has 0 aliphatic carbocycles. The number of amidine groups is 1. The number of hydrogen-bond acceptors (Lipinski definition) is 4. The average molecular weight is 333 g/mol. The zero-order valence-electron chi connectivity index (χ0n) is 14.7. The zero-order valence-corrected chi connectivity index (χ0v) is 14.7. The maximum absolute atomic E-state index is 13.1. The first-order valence-electron chi connectivity index (χ1n) is 8.37. The molecular formula is C18H28FN5. The quantitative estimate of drug-likeness (QED) is 0.570. The fourth-order valence-corrected chi connectivity index (χ4v) is 2.84. The number of allylic oxidation sites excluding steroid dienone is 1. The molecular weight excluding hydrogens is 305 g/mol. The number of rotatable bonds is 5. The highest BCUT2D eigenvalue weighted by Crippen LogP contribution is 2.23. The molecule has 1 aliphatic heterocycles. The Morgan fingerprint density at radius 1 is 1.25 bits per heavy atom. The summed E-state index contributed by atoms with van der Waals surface area (Å²) in [6, 6.07) is 6.72. The molecule has 1 saturated heterocycles. The van der Waals surface area contributed by atoms with E-state index in [-0.39, 0.29) is 11.7 Å². The number of piperidine rings is 1. The second-order valence-corrected chi connectivity index (χ2v) is 6.55. The molecule has 0 aromatic heterocycles. The smallest absolute Gasteiger partial charge is 0.147 e. The van der Waals surface area contributed by atoms with Crippen molar-refractivity contribution in [3.05, 3.63) is 47.2 Å². The predicted octanol–water partition coefficient (Wildman–Crippen LogP) is 2.12. The Hall–Kier alpha value is -2.08. The minimum Gasteiger partial charge on any atom is -0.399 e.